The average Bonchev–Trinajstić information content (AvgIpc) is 2.82. The minimum Gasteiger partial charge on any atom is -0.497 e. The maximum absolute atomic E-state index is 11.3. The number of carbonyl (C=O) groups excluding carboxylic acids is 1. The number of benzene rings is 2. The van der Waals surface area contributed by atoms with E-state index in [4.69, 9.17) is 13.9 Å². The van der Waals surface area contributed by atoms with Gasteiger partial charge in [0.05, 0.1) is 19.9 Å². The van der Waals surface area contributed by atoms with Gasteiger partial charge in [-0.25, -0.2) is 0 Å². The van der Waals surface area contributed by atoms with Gasteiger partial charge < -0.3 is 13.9 Å². The van der Waals surface area contributed by atoms with E-state index in [1.54, 1.807) is 0 Å². The number of ether oxygens (including phenoxy) is 2. The van der Waals surface area contributed by atoms with Crippen LogP contribution in [0, 0.1) is 0 Å². The first kappa shape index (κ1) is 29.3. The summed E-state index contributed by atoms with van der Waals surface area (Å²) < 4.78 is 17.7. The van der Waals surface area contributed by atoms with Gasteiger partial charge in [0.2, 0.25) is 8.32 Å². The van der Waals surface area contributed by atoms with Crippen LogP contribution in [0.5, 0.6) is 5.75 Å². The van der Waals surface area contributed by atoms with Crippen LogP contribution in [-0.2, 0) is 27.0 Å². The summed E-state index contributed by atoms with van der Waals surface area (Å²) in [7, 11) is -2.20. The smallest absolute Gasteiger partial charge is 0.305 e. The van der Waals surface area contributed by atoms with Gasteiger partial charge in [-0.05, 0) is 46.3 Å². The first-order valence-corrected chi connectivity index (χ1v) is 18.3. The van der Waals surface area contributed by atoms with Gasteiger partial charge in [0, 0.05) is 6.42 Å². The zero-order valence-electron chi connectivity index (χ0n) is 23.3. The highest BCUT2D eigenvalue weighted by molar-refractivity contribution is 6.89. The molecule has 0 aliphatic carbocycles. The van der Waals surface area contributed by atoms with E-state index in [0.717, 1.165) is 11.3 Å². The van der Waals surface area contributed by atoms with Crippen LogP contribution in [0.15, 0.2) is 48.5 Å². The quantitative estimate of drug-likeness (QED) is 0.213. The predicted octanol–water partition coefficient (Wildman–Crippen LogP) is 7.02. The summed E-state index contributed by atoms with van der Waals surface area (Å²) in [6, 6.07) is 17.0. The van der Waals surface area contributed by atoms with Crippen molar-refractivity contribution in [3.05, 3.63) is 59.7 Å². The molecule has 194 valence electrons. The number of esters is 1. The number of hydrogen-bond donors (Lipinski definition) is 0. The van der Waals surface area contributed by atoms with Gasteiger partial charge in [0.15, 0.2) is 0 Å². The maximum atomic E-state index is 11.3. The lowest BCUT2D eigenvalue weighted by atomic mass is 10.1. The SMILES string of the molecule is COC(=O)CCc1ccc(OC[Si](C)(C)c2ccc(CO[Si](C(C)C)(C(C)C)C(C)C)cc2)cc1. The summed E-state index contributed by atoms with van der Waals surface area (Å²) in [5.74, 6) is 0.687. The van der Waals surface area contributed by atoms with Crippen molar-refractivity contribution in [1.29, 1.82) is 0 Å². The molecule has 0 saturated heterocycles. The van der Waals surface area contributed by atoms with Crippen molar-refractivity contribution in [3.63, 3.8) is 0 Å². The fourth-order valence-electron chi connectivity index (χ4n) is 5.21. The third-order valence-electron chi connectivity index (χ3n) is 7.30. The highest BCUT2D eigenvalue weighted by atomic mass is 28.4. The molecule has 0 N–H and O–H groups in total. The number of rotatable bonds is 13. The molecule has 2 aromatic rings. The Hall–Kier alpha value is -1.90. The fraction of sp³-hybridized carbons (Fsp3) is 0.552. The van der Waals surface area contributed by atoms with Crippen molar-refractivity contribution < 1.29 is 18.7 Å². The van der Waals surface area contributed by atoms with Crippen LogP contribution in [0.4, 0.5) is 0 Å². The zero-order chi connectivity index (χ0) is 26.2. The third kappa shape index (κ3) is 7.79. The molecule has 2 rings (SSSR count). The van der Waals surface area contributed by atoms with Gasteiger partial charge in [-0.1, -0.05) is 96.2 Å². The number of hydrogen-bond acceptors (Lipinski definition) is 4. The lowest BCUT2D eigenvalue weighted by molar-refractivity contribution is -0.140. The van der Waals surface area contributed by atoms with Gasteiger partial charge in [0.1, 0.15) is 13.8 Å². The van der Waals surface area contributed by atoms with Gasteiger partial charge in [-0.2, -0.15) is 0 Å². The van der Waals surface area contributed by atoms with Crippen LogP contribution in [0.1, 0.15) is 59.1 Å². The number of methoxy groups -OCH3 is 1. The van der Waals surface area contributed by atoms with Crippen molar-refractivity contribution in [3.8, 4) is 5.75 Å². The Bertz CT molecular complexity index is 897. The van der Waals surface area contributed by atoms with Gasteiger partial charge in [-0.3, -0.25) is 4.79 Å². The second-order valence-corrected chi connectivity index (χ2v) is 21.3. The lowest BCUT2D eigenvalue weighted by Crippen LogP contribution is -2.48. The number of aryl methyl sites for hydroxylation is 1. The fourth-order valence-corrected chi connectivity index (χ4v) is 12.4. The van der Waals surface area contributed by atoms with E-state index >= 15 is 0 Å². The average molecular weight is 515 g/mol. The van der Waals surface area contributed by atoms with E-state index < -0.39 is 16.4 Å². The summed E-state index contributed by atoms with van der Waals surface area (Å²) >= 11 is 0. The predicted molar refractivity (Wildman–Crippen MR) is 152 cm³/mol. The summed E-state index contributed by atoms with van der Waals surface area (Å²) in [5.41, 5.74) is 4.13. The minimum absolute atomic E-state index is 0.183. The third-order valence-corrected chi connectivity index (χ3v) is 16.1. The van der Waals surface area contributed by atoms with Crippen molar-refractivity contribution in [1.82, 2.24) is 0 Å². The lowest BCUT2D eigenvalue weighted by Gasteiger charge is -2.42. The standard InChI is InChI=1S/C29H46O4Si2/c1-22(2)35(23(3)4,24(5)6)33-20-26-12-17-28(18-13-26)34(8,9)21-32-27-15-10-25(11-16-27)14-19-29(30)31-7/h10-13,15-18,22-24H,14,19-21H2,1-9H3. The zero-order valence-corrected chi connectivity index (χ0v) is 25.3. The molecule has 0 atom stereocenters. The van der Waals surface area contributed by atoms with Gasteiger partial charge >= 0.3 is 5.97 Å². The van der Waals surface area contributed by atoms with E-state index in [1.165, 1.54) is 17.9 Å². The summed E-state index contributed by atoms with van der Waals surface area (Å²) in [6.07, 6.45) is 1.79. The second kappa shape index (κ2) is 12.9. The molecule has 0 heterocycles. The highest BCUT2D eigenvalue weighted by Gasteiger charge is 2.44. The molecule has 0 amide bonds. The van der Waals surface area contributed by atoms with Crippen LogP contribution in [0.3, 0.4) is 0 Å². The minimum atomic E-state index is -1.86. The molecule has 0 aromatic heterocycles. The van der Waals surface area contributed by atoms with Gasteiger partial charge in [-0.15, -0.1) is 0 Å². The van der Waals surface area contributed by atoms with Crippen LogP contribution in [-0.4, -0.2) is 35.7 Å². The van der Waals surface area contributed by atoms with E-state index in [-0.39, 0.29) is 5.97 Å². The normalized spacial score (nSPS) is 12.5. The Labute approximate surface area is 215 Å². The molecular weight excluding hydrogens is 468 g/mol. The molecule has 0 spiro atoms. The maximum Gasteiger partial charge on any atom is 0.305 e. The summed E-state index contributed by atoms with van der Waals surface area (Å²) in [4.78, 5) is 11.3. The Kier molecular flexibility index (Phi) is 10.8. The Morgan fingerprint density at radius 3 is 1.80 bits per heavy atom. The van der Waals surface area contributed by atoms with Crippen molar-refractivity contribution in [2.75, 3.05) is 13.3 Å². The van der Waals surface area contributed by atoms with Crippen LogP contribution >= 0.6 is 0 Å². The molecule has 0 saturated carbocycles. The van der Waals surface area contributed by atoms with Crippen molar-refractivity contribution in [2.45, 2.75) is 90.7 Å². The largest absolute Gasteiger partial charge is 0.497 e. The molecule has 0 radical (unpaired) electrons. The van der Waals surface area contributed by atoms with E-state index in [2.05, 4.69) is 78.9 Å². The molecule has 2 aromatic carbocycles. The van der Waals surface area contributed by atoms with E-state index in [1.807, 2.05) is 24.3 Å². The topological polar surface area (TPSA) is 44.8 Å². The Balaban J connectivity index is 1.97. The highest BCUT2D eigenvalue weighted by Crippen LogP contribution is 2.42. The molecule has 6 heteroatoms. The van der Waals surface area contributed by atoms with Gasteiger partial charge in [0.25, 0.3) is 0 Å². The Morgan fingerprint density at radius 2 is 1.31 bits per heavy atom. The van der Waals surface area contributed by atoms with Crippen LogP contribution < -0.4 is 9.92 Å². The van der Waals surface area contributed by atoms with Crippen molar-refractivity contribution >= 4 is 27.5 Å². The summed E-state index contributed by atoms with van der Waals surface area (Å²) in [5, 5.41) is 1.39. The number of carbonyl (C=O) groups is 1. The Morgan fingerprint density at radius 1 is 0.800 bits per heavy atom. The summed E-state index contributed by atoms with van der Waals surface area (Å²) in [6.45, 7) is 19.4. The molecular formula is C29H46O4Si2. The van der Waals surface area contributed by atoms with E-state index in [0.29, 0.717) is 42.3 Å². The first-order valence-electron chi connectivity index (χ1n) is 12.9. The molecule has 0 bridgehead atoms. The molecule has 0 aliphatic rings. The molecule has 0 aliphatic heterocycles. The molecule has 0 fully saturated rings. The molecule has 0 unspecified atom stereocenters. The van der Waals surface area contributed by atoms with Crippen LogP contribution in [0.2, 0.25) is 29.7 Å². The molecule has 35 heavy (non-hydrogen) atoms. The first-order chi connectivity index (χ1) is 16.4. The van der Waals surface area contributed by atoms with Crippen LogP contribution in [0.25, 0.3) is 0 Å². The monoisotopic (exact) mass is 514 g/mol. The molecule has 4 nitrogen and oxygen atoms in total. The van der Waals surface area contributed by atoms with E-state index in [9.17, 15) is 4.79 Å². The second-order valence-electron chi connectivity index (χ2n) is 11.2. The van der Waals surface area contributed by atoms with Crippen molar-refractivity contribution in [2.24, 2.45) is 0 Å².